The normalized spacial score (nSPS) is 13.2. The van der Waals surface area contributed by atoms with Crippen molar-refractivity contribution < 1.29 is 28.7 Å². The van der Waals surface area contributed by atoms with Crippen LogP contribution < -0.4 is 19.9 Å². The van der Waals surface area contributed by atoms with E-state index in [9.17, 15) is 4.91 Å². The Labute approximate surface area is 237 Å². The van der Waals surface area contributed by atoms with Crippen LogP contribution in [0.15, 0.2) is 68.2 Å². The minimum atomic E-state index is -0.451. The van der Waals surface area contributed by atoms with Gasteiger partial charge < -0.3 is 24.7 Å². The summed E-state index contributed by atoms with van der Waals surface area (Å²) in [5.41, 5.74) is 1.98. The molecule has 12 nitrogen and oxygen atoms in total. The second-order valence-electron chi connectivity index (χ2n) is 9.08. The second-order valence-corrected chi connectivity index (χ2v) is 10.1. The first-order valence-corrected chi connectivity index (χ1v) is 13.3. The molecule has 1 aliphatic rings. The van der Waals surface area contributed by atoms with Crippen LogP contribution in [0.4, 0.5) is 27.5 Å². The fraction of sp³-hybridized carbons (Fsp3) is 0.222. The summed E-state index contributed by atoms with van der Waals surface area (Å²) in [7, 11) is 1.58. The molecule has 4 heterocycles. The minimum absolute atomic E-state index is 0. The Hall–Kier alpha value is -4.53. The molecular weight excluding hydrogens is 553 g/mol. The zero-order valence-corrected chi connectivity index (χ0v) is 22.9. The number of aromatic amines is 2. The van der Waals surface area contributed by atoms with Gasteiger partial charge in [0.2, 0.25) is 0 Å². The predicted octanol–water partition coefficient (Wildman–Crippen LogP) is 5.44. The molecule has 0 spiro atoms. The molecule has 4 N–H and O–H groups in total. The number of anilines is 3. The Kier molecular flexibility index (Phi) is 8.14. The highest BCUT2D eigenvalue weighted by atomic mass is 32.2. The number of halogens is 1. The third-order valence-corrected chi connectivity index (χ3v) is 7.34. The summed E-state index contributed by atoms with van der Waals surface area (Å²) in [6.07, 6.45) is 0. The van der Waals surface area contributed by atoms with E-state index in [2.05, 4.69) is 30.6 Å². The van der Waals surface area contributed by atoms with Gasteiger partial charge in [-0.2, -0.15) is 5.10 Å². The molecule has 1 saturated heterocycles. The lowest BCUT2D eigenvalue weighted by molar-refractivity contribution is -0.421. The fourth-order valence-corrected chi connectivity index (χ4v) is 5.28. The maximum Gasteiger partial charge on any atom is 0.303 e. The van der Waals surface area contributed by atoms with Crippen LogP contribution in [0.2, 0.25) is 0 Å². The summed E-state index contributed by atoms with van der Waals surface area (Å²) in [5, 5.41) is 14.5. The van der Waals surface area contributed by atoms with Gasteiger partial charge in [-0.05, 0) is 54.2 Å². The van der Waals surface area contributed by atoms with Crippen molar-refractivity contribution in [2.45, 2.75) is 17.0 Å². The van der Waals surface area contributed by atoms with Crippen molar-refractivity contribution in [3.8, 4) is 17.1 Å². The standard InChI is InChI=1S/C27H24FN7O4S.H2O/c1-15-12-22(33-32-15)29-25-24(37-2)26(35-8-10-38-11-9-35)31-27(30-25)40-21-7-6-16(13-18(21)28)20-14-17-4-3-5-19(34-36)23(17)39-20;/h3-7,12-14H,8-11H2,1-2H3,(H2,29,30,31,32,33);1H2. The Morgan fingerprint density at radius 3 is 2.73 bits per heavy atom. The summed E-state index contributed by atoms with van der Waals surface area (Å²) >= 11 is 1.15. The number of hydrogen-bond donors (Lipinski definition) is 2. The fourth-order valence-electron chi connectivity index (χ4n) is 4.49. The number of morpholine rings is 1. The lowest BCUT2D eigenvalue weighted by atomic mass is 10.1. The van der Waals surface area contributed by atoms with Crippen LogP contribution in [-0.2, 0) is 4.74 Å². The Morgan fingerprint density at radius 2 is 2.02 bits per heavy atom. The van der Waals surface area contributed by atoms with E-state index >= 15 is 4.39 Å². The number of nitroso groups, excluding NO2 is 1. The largest absolute Gasteiger partial charge is 0.870 e. The molecule has 0 amide bonds. The number of furan rings is 1. The van der Waals surface area contributed by atoms with Crippen molar-refractivity contribution in [3.05, 3.63) is 64.9 Å². The van der Waals surface area contributed by atoms with Gasteiger partial charge in [0.1, 0.15) is 11.6 Å². The summed E-state index contributed by atoms with van der Waals surface area (Å²) < 4.78 is 32.5. The zero-order valence-electron chi connectivity index (χ0n) is 22.1. The van der Waals surface area contributed by atoms with E-state index in [4.69, 9.17) is 18.9 Å². The van der Waals surface area contributed by atoms with E-state index < -0.39 is 5.82 Å². The highest BCUT2D eigenvalue weighted by Crippen LogP contribution is 2.38. The van der Waals surface area contributed by atoms with Crippen molar-refractivity contribution in [3.63, 3.8) is 0 Å². The average Bonchev–Trinajstić information content (AvgIpc) is 3.60. The lowest BCUT2D eigenvalue weighted by Crippen LogP contribution is -2.40. The smallest absolute Gasteiger partial charge is 0.303 e. The number of nitrogens with one attached hydrogen (secondary N) is 3. The van der Waals surface area contributed by atoms with Gasteiger partial charge in [-0.1, -0.05) is 17.1 Å². The Morgan fingerprint density at radius 1 is 1.20 bits per heavy atom. The van der Waals surface area contributed by atoms with Crippen molar-refractivity contribution in [2.24, 2.45) is 5.18 Å². The number of methoxy groups -OCH3 is 1. The molecular formula is C27H26FN7O5S. The highest BCUT2D eigenvalue weighted by molar-refractivity contribution is 7.99. The summed E-state index contributed by atoms with van der Waals surface area (Å²) in [4.78, 5) is 21.6. The molecule has 1 fully saturated rings. The van der Waals surface area contributed by atoms with E-state index in [-0.39, 0.29) is 11.2 Å². The van der Waals surface area contributed by atoms with Crippen LogP contribution in [0.5, 0.6) is 5.75 Å². The summed E-state index contributed by atoms with van der Waals surface area (Å²) in [5.74, 6) is 2.22. The maximum absolute atomic E-state index is 15.4. The number of aromatic nitrogens is 4. The van der Waals surface area contributed by atoms with Gasteiger partial charge in [0, 0.05) is 22.7 Å². The molecule has 212 valence electrons. The molecule has 5 aromatic rings. The van der Waals surface area contributed by atoms with Gasteiger partial charge in [0.15, 0.2) is 17.1 Å². The van der Waals surface area contributed by atoms with E-state index in [1.807, 2.05) is 19.1 Å². The maximum atomic E-state index is 15.4. The number of para-hydroxylation sites is 1. The van der Waals surface area contributed by atoms with Gasteiger partial charge in [-0.25, -0.2) is 9.37 Å². The molecule has 0 atom stereocenters. The Balaban J connectivity index is 0.00000337. The van der Waals surface area contributed by atoms with Crippen molar-refractivity contribution in [1.29, 1.82) is 0 Å². The molecule has 0 radical (unpaired) electrons. The first-order chi connectivity index (χ1) is 19.5. The monoisotopic (exact) mass is 579 g/mol. The topological polar surface area (TPSA) is 162 Å². The number of ether oxygens (including phenoxy) is 2. The van der Waals surface area contributed by atoms with Crippen molar-refractivity contribution in [2.75, 3.05) is 43.6 Å². The summed E-state index contributed by atoms with van der Waals surface area (Å²) in [6, 6.07) is 13.5. The van der Waals surface area contributed by atoms with Gasteiger partial charge >= 0.3 is 5.16 Å². The molecule has 3 aromatic heterocycles. The first kappa shape index (κ1) is 28.0. The van der Waals surface area contributed by atoms with Crippen molar-refractivity contribution >= 4 is 45.9 Å². The van der Waals surface area contributed by atoms with E-state index in [0.717, 1.165) is 17.5 Å². The number of benzene rings is 2. The number of aryl methyl sites for hydroxylation is 1. The number of fused-ring (bicyclic) bond motifs is 1. The quantitative estimate of drug-likeness (QED) is 0.179. The van der Waals surface area contributed by atoms with Crippen LogP contribution in [0.25, 0.3) is 22.3 Å². The second kappa shape index (κ2) is 11.9. The third kappa shape index (κ3) is 5.70. The van der Waals surface area contributed by atoms with Gasteiger partial charge in [-0.3, -0.25) is 10.00 Å². The molecule has 0 bridgehead atoms. The molecule has 0 saturated carbocycles. The van der Waals surface area contributed by atoms with E-state index in [0.29, 0.717) is 81.9 Å². The number of hydrogen-bond acceptors (Lipinski definition) is 11. The van der Waals surface area contributed by atoms with Gasteiger partial charge in [0.05, 0.1) is 38.3 Å². The molecule has 0 aliphatic carbocycles. The van der Waals surface area contributed by atoms with Crippen molar-refractivity contribution in [1.82, 2.24) is 15.2 Å². The molecule has 41 heavy (non-hydrogen) atoms. The number of rotatable bonds is 8. The molecule has 2 aromatic carbocycles. The summed E-state index contributed by atoms with van der Waals surface area (Å²) in [6.45, 7) is 4.36. The van der Waals surface area contributed by atoms with E-state index in [1.165, 1.54) is 6.07 Å². The molecule has 6 rings (SSSR count). The van der Waals surface area contributed by atoms with Gasteiger partial charge in [-0.15, -0.1) is 4.91 Å². The molecule has 1 aliphatic heterocycles. The Bertz CT molecular complexity index is 1700. The third-order valence-electron chi connectivity index (χ3n) is 6.40. The van der Waals surface area contributed by atoms with Crippen LogP contribution in [0.3, 0.4) is 0 Å². The predicted molar refractivity (Wildman–Crippen MR) is 150 cm³/mol. The molecule has 14 heteroatoms. The minimum Gasteiger partial charge on any atom is -0.870 e. The average molecular weight is 580 g/mol. The first-order valence-electron chi connectivity index (χ1n) is 12.5. The molecule has 0 unspecified atom stereocenters. The van der Waals surface area contributed by atoms with Crippen LogP contribution >= 0.6 is 11.8 Å². The SMILES string of the molecule is COc1c(Nc2cc(C)[nH]n2)nc(Sc2ccc(-c3cc4cccc(N=O)c4o3)cc2F)[nH+]c1N1CCOCC1.[OH-]. The van der Waals surface area contributed by atoms with E-state index in [1.54, 1.807) is 37.4 Å². The van der Waals surface area contributed by atoms with Crippen LogP contribution in [0.1, 0.15) is 5.69 Å². The number of nitrogens with zero attached hydrogens (tertiary/aromatic N) is 4. The zero-order chi connectivity index (χ0) is 27.6. The lowest BCUT2D eigenvalue weighted by Gasteiger charge is -2.25. The highest BCUT2D eigenvalue weighted by Gasteiger charge is 2.29. The van der Waals surface area contributed by atoms with Crippen LogP contribution in [-0.4, -0.2) is 54.1 Å². The van der Waals surface area contributed by atoms with Gasteiger partial charge in [0.25, 0.3) is 17.4 Å². The van der Waals surface area contributed by atoms with Crippen LogP contribution in [0, 0.1) is 17.6 Å². The number of H-pyrrole nitrogens is 2.